The Hall–Kier alpha value is -2.13. The first kappa shape index (κ1) is 20.6. The monoisotopic (exact) mass is 493 g/mol. The molecule has 6 nitrogen and oxygen atoms in total. The van der Waals surface area contributed by atoms with Crippen molar-refractivity contribution < 1.29 is 14.3 Å². The van der Waals surface area contributed by atoms with Crippen LogP contribution in [0.25, 0.3) is 0 Å². The van der Waals surface area contributed by atoms with Crippen molar-refractivity contribution in [1.82, 2.24) is 10.2 Å². The third kappa shape index (κ3) is 4.82. The molecule has 1 aliphatic heterocycles. The number of carbonyl (C=O) groups excluding carboxylic acids is 2. The van der Waals surface area contributed by atoms with Gasteiger partial charge in [-0.15, -0.1) is 0 Å². The number of ether oxygens (including phenoxy) is 1. The fraction of sp³-hybridized carbons (Fsp3) is 0.333. The van der Waals surface area contributed by atoms with Gasteiger partial charge in [0.05, 0.1) is 4.05 Å². The number of halogens is 1. The lowest BCUT2D eigenvalue weighted by molar-refractivity contribution is -0.124. The van der Waals surface area contributed by atoms with E-state index in [1.165, 1.54) is 0 Å². The molecule has 0 saturated carbocycles. The van der Waals surface area contributed by atoms with E-state index >= 15 is 0 Å². The molecular formula is C21H24IN3O3. The molecule has 0 spiro atoms. The number of hydrogen-bond acceptors (Lipinski definition) is 4. The Morgan fingerprint density at radius 3 is 2.39 bits per heavy atom. The van der Waals surface area contributed by atoms with Gasteiger partial charge in [-0.1, -0.05) is 71.1 Å². The van der Waals surface area contributed by atoms with Crippen LogP contribution < -0.4 is 10.6 Å². The number of carbonyl (C=O) groups is 2. The van der Waals surface area contributed by atoms with Crippen LogP contribution in [0.5, 0.6) is 0 Å². The maximum atomic E-state index is 12.9. The van der Waals surface area contributed by atoms with Crippen LogP contribution in [0.15, 0.2) is 60.7 Å². The van der Waals surface area contributed by atoms with Gasteiger partial charge in [0.1, 0.15) is 12.1 Å². The zero-order chi connectivity index (χ0) is 20.0. The summed E-state index contributed by atoms with van der Waals surface area (Å²) < 4.78 is 5.31. The van der Waals surface area contributed by atoms with E-state index in [1.54, 1.807) is 11.9 Å². The van der Waals surface area contributed by atoms with Crippen LogP contribution >= 0.6 is 22.6 Å². The van der Waals surface area contributed by atoms with Gasteiger partial charge in [-0.25, -0.2) is 4.79 Å². The number of benzene rings is 2. The van der Waals surface area contributed by atoms with Crippen molar-refractivity contribution in [2.75, 3.05) is 18.9 Å². The Kier molecular flexibility index (Phi) is 6.90. The molecule has 0 bridgehead atoms. The zero-order valence-corrected chi connectivity index (χ0v) is 17.9. The molecule has 2 aromatic rings. The Morgan fingerprint density at radius 1 is 1.14 bits per heavy atom. The second-order valence-electron chi connectivity index (χ2n) is 6.77. The number of hydrogen-bond donors (Lipinski definition) is 2. The minimum atomic E-state index is -0.724. The first-order valence-corrected chi connectivity index (χ1v) is 10.5. The highest BCUT2D eigenvalue weighted by Gasteiger charge is 2.45. The molecule has 1 fully saturated rings. The van der Waals surface area contributed by atoms with E-state index in [2.05, 4.69) is 33.2 Å². The van der Waals surface area contributed by atoms with E-state index in [1.807, 2.05) is 60.7 Å². The van der Waals surface area contributed by atoms with Crippen molar-refractivity contribution in [3.05, 3.63) is 66.2 Å². The van der Waals surface area contributed by atoms with E-state index in [0.29, 0.717) is 19.4 Å². The number of alkyl halides is 1. The molecule has 2 atom stereocenters. The molecule has 2 aromatic carbocycles. The number of likely N-dealkylation sites (N-methyl/N-ethyl adjacent to an activating group) is 1. The van der Waals surface area contributed by atoms with Crippen LogP contribution in [0.3, 0.4) is 0 Å². The molecule has 1 saturated heterocycles. The maximum absolute atomic E-state index is 12.9. The number of piperidine rings is 1. The fourth-order valence-electron chi connectivity index (χ4n) is 3.28. The van der Waals surface area contributed by atoms with Crippen molar-refractivity contribution in [3.63, 3.8) is 0 Å². The van der Waals surface area contributed by atoms with Crippen LogP contribution in [0.1, 0.15) is 18.4 Å². The number of nitrogens with one attached hydrogen (secondary N) is 2. The SMILES string of the molecule is CNC1(C(=O)Nc2ccccc2)CCN(C(=O)OCc2ccccc2)C(I)C1. The molecule has 7 heteroatoms. The molecule has 3 rings (SSSR count). The number of nitrogens with zero attached hydrogens (tertiary/aromatic N) is 1. The highest BCUT2D eigenvalue weighted by Crippen LogP contribution is 2.32. The Bertz CT molecular complexity index is 803. The van der Waals surface area contributed by atoms with Crippen LogP contribution in [0.4, 0.5) is 10.5 Å². The molecule has 28 heavy (non-hydrogen) atoms. The summed E-state index contributed by atoms with van der Waals surface area (Å²) in [7, 11) is 1.79. The number of amides is 2. The van der Waals surface area contributed by atoms with Crippen LogP contribution in [0.2, 0.25) is 0 Å². The van der Waals surface area contributed by atoms with Gasteiger partial charge >= 0.3 is 6.09 Å². The van der Waals surface area contributed by atoms with Crippen LogP contribution in [-0.2, 0) is 16.1 Å². The van der Waals surface area contributed by atoms with E-state index in [0.717, 1.165) is 11.3 Å². The summed E-state index contributed by atoms with van der Waals surface area (Å²) in [5, 5.41) is 6.16. The predicted molar refractivity (Wildman–Crippen MR) is 117 cm³/mol. The molecule has 2 unspecified atom stereocenters. The Labute approximate surface area is 178 Å². The van der Waals surface area contributed by atoms with E-state index < -0.39 is 5.54 Å². The van der Waals surface area contributed by atoms with Gasteiger partial charge in [-0.3, -0.25) is 9.69 Å². The summed E-state index contributed by atoms with van der Waals surface area (Å²) in [6.07, 6.45) is 0.669. The third-order valence-corrected chi connectivity index (χ3v) is 6.13. The van der Waals surface area contributed by atoms with Crippen LogP contribution in [0, 0.1) is 0 Å². The molecule has 1 heterocycles. The Morgan fingerprint density at radius 2 is 1.79 bits per heavy atom. The summed E-state index contributed by atoms with van der Waals surface area (Å²) in [6, 6.07) is 19.0. The van der Waals surface area contributed by atoms with Crippen LogP contribution in [-0.4, -0.2) is 40.1 Å². The predicted octanol–water partition coefficient (Wildman–Crippen LogP) is 3.78. The summed E-state index contributed by atoms with van der Waals surface area (Å²) in [4.78, 5) is 27.2. The normalized spacial score (nSPS) is 21.8. The molecule has 0 aliphatic carbocycles. The van der Waals surface area contributed by atoms with Crippen molar-refractivity contribution in [2.45, 2.75) is 29.0 Å². The minimum Gasteiger partial charge on any atom is -0.445 e. The quantitative estimate of drug-likeness (QED) is 0.378. The van der Waals surface area contributed by atoms with Crippen molar-refractivity contribution >= 4 is 40.3 Å². The van der Waals surface area contributed by atoms with Crippen molar-refractivity contribution in [3.8, 4) is 0 Å². The van der Waals surface area contributed by atoms with Gasteiger partial charge in [-0.05, 0) is 31.2 Å². The summed E-state index contributed by atoms with van der Waals surface area (Å²) in [5.74, 6) is -0.0832. The fourth-order valence-corrected chi connectivity index (χ4v) is 4.54. The largest absolute Gasteiger partial charge is 0.445 e. The third-order valence-electron chi connectivity index (χ3n) is 5.02. The first-order chi connectivity index (χ1) is 13.5. The van der Waals surface area contributed by atoms with Gasteiger partial charge in [0, 0.05) is 18.7 Å². The van der Waals surface area contributed by atoms with Gasteiger partial charge in [0.25, 0.3) is 0 Å². The van der Waals surface area contributed by atoms with Gasteiger partial charge in [0.2, 0.25) is 5.91 Å². The smallest absolute Gasteiger partial charge is 0.410 e. The molecule has 2 amide bonds. The molecule has 0 radical (unpaired) electrons. The van der Waals surface area contributed by atoms with Gasteiger partial charge in [0.15, 0.2) is 0 Å². The first-order valence-electron chi connectivity index (χ1n) is 9.21. The molecule has 1 aliphatic rings. The lowest BCUT2D eigenvalue weighted by atomic mass is 9.86. The highest BCUT2D eigenvalue weighted by molar-refractivity contribution is 14.1. The number of likely N-dealkylation sites (tertiary alicyclic amines) is 1. The summed E-state index contributed by atoms with van der Waals surface area (Å²) in [5.41, 5.74) is 0.985. The average molecular weight is 493 g/mol. The lowest BCUT2D eigenvalue weighted by Crippen LogP contribution is -2.61. The number of para-hydroxylation sites is 1. The van der Waals surface area contributed by atoms with E-state index in [4.69, 9.17) is 4.74 Å². The standard InChI is InChI=1S/C21H24IN3O3/c1-23-21(19(26)24-17-10-6-3-7-11-17)12-13-25(18(22)14-21)20(27)28-15-16-8-4-2-5-9-16/h2-11,18,23H,12-15H2,1H3,(H,24,26). The van der Waals surface area contributed by atoms with Crippen molar-refractivity contribution in [2.24, 2.45) is 0 Å². The molecule has 2 N–H and O–H groups in total. The van der Waals surface area contributed by atoms with Gasteiger partial charge in [-0.2, -0.15) is 0 Å². The molecule has 0 aromatic heterocycles. The van der Waals surface area contributed by atoms with Gasteiger partial charge < -0.3 is 15.4 Å². The zero-order valence-electron chi connectivity index (χ0n) is 15.7. The highest BCUT2D eigenvalue weighted by atomic mass is 127. The molecular weight excluding hydrogens is 469 g/mol. The van der Waals surface area contributed by atoms with E-state index in [9.17, 15) is 9.59 Å². The summed E-state index contributed by atoms with van der Waals surface area (Å²) in [6.45, 7) is 0.690. The molecule has 148 valence electrons. The Balaban J connectivity index is 1.60. The second kappa shape index (κ2) is 9.38. The lowest BCUT2D eigenvalue weighted by Gasteiger charge is -2.43. The average Bonchev–Trinajstić information content (AvgIpc) is 2.73. The van der Waals surface area contributed by atoms with Crippen molar-refractivity contribution in [1.29, 1.82) is 0 Å². The second-order valence-corrected chi connectivity index (χ2v) is 8.21. The maximum Gasteiger partial charge on any atom is 0.410 e. The van der Waals surface area contributed by atoms with E-state index in [-0.39, 0.29) is 22.7 Å². The number of rotatable bonds is 5. The number of anilines is 1. The summed E-state index contributed by atoms with van der Waals surface area (Å²) >= 11 is 2.21. The topological polar surface area (TPSA) is 70.7 Å². The minimum absolute atomic E-state index is 0.0832.